The number of ether oxygens (including phenoxy) is 1. The van der Waals surface area contributed by atoms with Crippen LogP contribution in [-0.4, -0.2) is 48.9 Å². The van der Waals surface area contributed by atoms with Gasteiger partial charge >= 0.3 is 0 Å². The predicted octanol–water partition coefficient (Wildman–Crippen LogP) is 3.01. The standard InChI is InChI=1S/C19H24N4O/c1-2-13-24-15-9-12-23(14-15)19-18(22-10-5-6-11-22)20-16-7-3-4-8-17(16)21-19/h2-4,7-8,15H,1,5-6,9-14H2. The molecule has 1 atom stereocenters. The summed E-state index contributed by atoms with van der Waals surface area (Å²) in [5.41, 5.74) is 1.94. The van der Waals surface area contributed by atoms with Crippen LogP contribution in [0.4, 0.5) is 11.6 Å². The van der Waals surface area contributed by atoms with Crippen molar-refractivity contribution in [2.45, 2.75) is 25.4 Å². The predicted molar refractivity (Wildman–Crippen MR) is 97.8 cm³/mol. The van der Waals surface area contributed by atoms with Crippen molar-refractivity contribution < 1.29 is 4.74 Å². The van der Waals surface area contributed by atoms with Crippen LogP contribution in [0.3, 0.4) is 0 Å². The molecule has 0 amide bonds. The molecular weight excluding hydrogens is 300 g/mol. The van der Waals surface area contributed by atoms with Gasteiger partial charge in [0.1, 0.15) is 0 Å². The van der Waals surface area contributed by atoms with Crippen LogP contribution in [-0.2, 0) is 4.74 Å². The summed E-state index contributed by atoms with van der Waals surface area (Å²) in [7, 11) is 0. The SMILES string of the molecule is C=CCOC1CCN(c2nc3ccccc3nc2N2CCCC2)C1. The summed E-state index contributed by atoms with van der Waals surface area (Å²) in [5.74, 6) is 2.05. The zero-order valence-electron chi connectivity index (χ0n) is 14.0. The van der Waals surface area contributed by atoms with Crippen molar-refractivity contribution >= 4 is 22.7 Å². The van der Waals surface area contributed by atoms with E-state index in [2.05, 4.69) is 16.4 Å². The van der Waals surface area contributed by atoms with Crippen molar-refractivity contribution in [2.24, 2.45) is 0 Å². The zero-order valence-corrected chi connectivity index (χ0v) is 14.0. The second-order valence-electron chi connectivity index (χ2n) is 6.53. The summed E-state index contributed by atoms with van der Waals surface area (Å²) in [4.78, 5) is 14.6. The van der Waals surface area contributed by atoms with E-state index >= 15 is 0 Å². The van der Waals surface area contributed by atoms with E-state index in [-0.39, 0.29) is 6.10 Å². The van der Waals surface area contributed by atoms with Gasteiger partial charge in [-0.2, -0.15) is 0 Å². The highest BCUT2D eigenvalue weighted by Crippen LogP contribution is 2.32. The Kier molecular flexibility index (Phi) is 4.34. The average molecular weight is 324 g/mol. The van der Waals surface area contributed by atoms with E-state index < -0.39 is 0 Å². The van der Waals surface area contributed by atoms with Gasteiger partial charge in [0, 0.05) is 26.2 Å². The number of rotatable bonds is 5. The molecule has 0 spiro atoms. The minimum absolute atomic E-state index is 0.252. The van der Waals surface area contributed by atoms with Gasteiger partial charge in [-0.25, -0.2) is 9.97 Å². The number of hydrogen-bond donors (Lipinski definition) is 0. The van der Waals surface area contributed by atoms with Gasteiger partial charge in [-0.3, -0.25) is 0 Å². The van der Waals surface area contributed by atoms with Gasteiger partial charge in [-0.1, -0.05) is 18.2 Å². The van der Waals surface area contributed by atoms with Crippen LogP contribution >= 0.6 is 0 Å². The fourth-order valence-electron chi connectivity index (χ4n) is 3.60. The molecule has 1 unspecified atom stereocenters. The van der Waals surface area contributed by atoms with E-state index in [0.717, 1.165) is 55.3 Å². The number of nitrogens with zero attached hydrogens (tertiary/aromatic N) is 4. The minimum atomic E-state index is 0.252. The number of anilines is 2. The quantitative estimate of drug-likeness (QED) is 0.791. The molecular formula is C19H24N4O. The fraction of sp³-hybridized carbons (Fsp3) is 0.474. The van der Waals surface area contributed by atoms with Crippen LogP contribution in [0.15, 0.2) is 36.9 Å². The molecule has 2 aromatic rings. The Bertz CT molecular complexity index is 726. The molecule has 0 aliphatic carbocycles. The van der Waals surface area contributed by atoms with Crippen LogP contribution in [0.2, 0.25) is 0 Å². The molecule has 1 aromatic carbocycles. The van der Waals surface area contributed by atoms with Crippen molar-refractivity contribution in [1.29, 1.82) is 0 Å². The average Bonchev–Trinajstić information content (AvgIpc) is 3.30. The Hall–Kier alpha value is -2.14. The summed E-state index contributed by atoms with van der Waals surface area (Å²) < 4.78 is 5.84. The van der Waals surface area contributed by atoms with Gasteiger partial charge in [0.15, 0.2) is 11.6 Å². The largest absolute Gasteiger partial charge is 0.372 e. The summed E-state index contributed by atoms with van der Waals surface area (Å²) in [5, 5.41) is 0. The molecule has 126 valence electrons. The first-order valence-electron chi connectivity index (χ1n) is 8.84. The summed E-state index contributed by atoms with van der Waals surface area (Å²) >= 11 is 0. The van der Waals surface area contributed by atoms with Crippen LogP contribution in [0, 0.1) is 0 Å². The molecule has 1 aromatic heterocycles. The van der Waals surface area contributed by atoms with Crippen LogP contribution in [0.1, 0.15) is 19.3 Å². The van der Waals surface area contributed by atoms with E-state index in [4.69, 9.17) is 14.7 Å². The first kappa shape index (κ1) is 15.4. The number of aromatic nitrogens is 2. The molecule has 4 rings (SSSR count). The van der Waals surface area contributed by atoms with Crippen LogP contribution < -0.4 is 9.80 Å². The van der Waals surface area contributed by atoms with Crippen LogP contribution in [0.25, 0.3) is 11.0 Å². The van der Waals surface area contributed by atoms with Gasteiger partial charge in [-0.05, 0) is 31.4 Å². The summed E-state index contributed by atoms with van der Waals surface area (Å²) in [6.07, 6.45) is 5.57. The first-order valence-corrected chi connectivity index (χ1v) is 8.84. The third kappa shape index (κ3) is 2.96. The number of para-hydroxylation sites is 2. The third-order valence-corrected chi connectivity index (χ3v) is 4.83. The Morgan fingerprint density at radius 2 is 1.71 bits per heavy atom. The lowest BCUT2D eigenvalue weighted by Crippen LogP contribution is -2.28. The van der Waals surface area contributed by atoms with E-state index in [9.17, 15) is 0 Å². The summed E-state index contributed by atoms with van der Waals surface area (Å²) in [6, 6.07) is 8.14. The third-order valence-electron chi connectivity index (χ3n) is 4.83. The van der Waals surface area contributed by atoms with Gasteiger partial charge in [0.05, 0.1) is 23.7 Å². The molecule has 2 fully saturated rings. The lowest BCUT2D eigenvalue weighted by Gasteiger charge is -2.25. The Balaban J connectivity index is 1.67. The van der Waals surface area contributed by atoms with Crippen LogP contribution in [0.5, 0.6) is 0 Å². The molecule has 0 bridgehead atoms. The highest BCUT2D eigenvalue weighted by atomic mass is 16.5. The highest BCUT2D eigenvalue weighted by molar-refractivity contribution is 5.81. The highest BCUT2D eigenvalue weighted by Gasteiger charge is 2.29. The Morgan fingerprint density at radius 3 is 2.38 bits per heavy atom. The maximum atomic E-state index is 5.84. The molecule has 0 saturated carbocycles. The van der Waals surface area contributed by atoms with E-state index in [0.29, 0.717) is 6.61 Å². The maximum Gasteiger partial charge on any atom is 0.172 e. The van der Waals surface area contributed by atoms with E-state index in [1.54, 1.807) is 0 Å². The molecule has 2 aliphatic rings. The molecule has 5 heteroatoms. The molecule has 3 heterocycles. The minimum Gasteiger partial charge on any atom is -0.372 e. The Labute approximate surface area is 142 Å². The zero-order chi connectivity index (χ0) is 16.4. The maximum absolute atomic E-state index is 5.84. The van der Waals surface area contributed by atoms with Crippen molar-refractivity contribution in [1.82, 2.24) is 9.97 Å². The monoisotopic (exact) mass is 324 g/mol. The number of fused-ring (bicyclic) bond motifs is 1. The van der Waals surface area contributed by atoms with E-state index in [1.165, 1.54) is 12.8 Å². The second-order valence-corrected chi connectivity index (χ2v) is 6.53. The second kappa shape index (κ2) is 6.77. The van der Waals surface area contributed by atoms with Gasteiger partial charge in [-0.15, -0.1) is 6.58 Å². The topological polar surface area (TPSA) is 41.5 Å². The van der Waals surface area contributed by atoms with Gasteiger partial charge in [0.2, 0.25) is 0 Å². The molecule has 0 radical (unpaired) electrons. The normalized spacial score (nSPS) is 20.9. The van der Waals surface area contributed by atoms with Crippen molar-refractivity contribution in [2.75, 3.05) is 42.6 Å². The smallest absolute Gasteiger partial charge is 0.172 e. The first-order chi connectivity index (χ1) is 11.8. The molecule has 2 saturated heterocycles. The lowest BCUT2D eigenvalue weighted by atomic mass is 10.3. The van der Waals surface area contributed by atoms with Gasteiger partial charge in [0.25, 0.3) is 0 Å². The lowest BCUT2D eigenvalue weighted by molar-refractivity contribution is 0.0909. The Morgan fingerprint density at radius 1 is 1.04 bits per heavy atom. The van der Waals surface area contributed by atoms with Crippen molar-refractivity contribution in [3.8, 4) is 0 Å². The van der Waals surface area contributed by atoms with E-state index in [1.807, 2.05) is 30.3 Å². The molecule has 2 aliphatic heterocycles. The summed E-state index contributed by atoms with van der Waals surface area (Å²) in [6.45, 7) is 8.34. The molecule has 24 heavy (non-hydrogen) atoms. The van der Waals surface area contributed by atoms with Gasteiger partial charge < -0.3 is 14.5 Å². The number of benzene rings is 1. The number of hydrogen-bond acceptors (Lipinski definition) is 5. The molecule has 0 N–H and O–H groups in total. The fourth-order valence-corrected chi connectivity index (χ4v) is 3.60. The van der Waals surface area contributed by atoms with Crippen molar-refractivity contribution in [3.63, 3.8) is 0 Å². The van der Waals surface area contributed by atoms with Crippen molar-refractivity contribution in [3.05, 3.63) is 36.9 Å². The molecule has 5 nitrogen and oxygen atoms in total.